The van der Waals surface area contributed by atoms with Crippen molar-refractivity contribution in [1.29, 1.82) is 0 Å². The lowest BCUT2D eigenvalue weighted by Crippen LogP contribution is -2.32. The third-order valence-corrected chi connectivity index (χ3v) is 5.85. The van der Waals surface area contributed by atoms with Gasteiger partial charge in [-0.25, -0.2) is 0 Å². The summed E-state index contributed by atoms with van der Waals surface area (Å²) in [6.45, 7) is 2.78. The smallest absolute Gasteiger partial charge is 0.0578 e. The Morgan fingerprint density at radius 2 is 1.95 bits per heavy atom. The van der Waals surface area contributed by atoms with Crippen LogP contribution in [0.2, 0.25) is 5.02 Å². The first-order valence-corrected chi connectivity index (χ1v) is 8.50. The van der Waals surface area contributed by atoms with Gasteiger partial charge in [0, 0.05) is 27.0 Å². The second-order valence-electron chi connectivity index (χ2n) is 4.78. The zero-order chi connectivity index (χ0) is 14.7. The van der Waals surface area contributed by atoms with Gasteiger partial charge in [-0.2, -0.15) is 0 Å². The Morgan fingerprint density at radius 1 is 1.30 bits per heavy atom. The predicted octanol–water partition coefficient (Wildman–Crippen LogP) is 4.86. The van der Waals surface area contributed by atoms with Crippen LogP contribution in [0.3, 0.4) is 0 Å². The van der Waals surface area contributed by atoms with E-state index < -0.39 is 0 Å². The molecule has 5 heteroatoms. The average Bonchev–Trinajstić information content (AvgIpc) is 2.86. The van der Waals surface area contributed by atoms with Crippen molar-refractivity contribution >= 4 is 38.9 Å². The van der Waals surface area contributed by atoms with Crippen LogP contribution in [0.25, 0.3) is 0 Å². The molecule has 0 amide bonds. The van der Waals surface area contributed by atoms with Crippen LogP contribution < -0.4 is 5.73 Å². The molecule has 2 aromatic rings. The maximum absolute atomic E-state index is 6.00. The van der Waals surface area contributed by atoms with Gasteiger partial charge in [0.2, 0.25) is 0 Å². The van der Waals surface area contributed by atoms with Crippen LogP contribution in [0.4, 0.5) is 0 Å². The lowest BCUT2D eigenvalue weighted by Gasteiger charge is -2.32. The van der Waals surface area contributed by atoms with Gasteiger partial charge in [0.15, 0.2) is 0 Å². The van der Waals surface area contributed by atoms with Gasteiger partial charge >= 0.3 is 0 Å². The molecule has 0 aliphatic heterocycles. The van der Waals surface area contributed by atoms with Crippen molar-refractivity contribution < 1.29 is 0 Å². The van der Waals surface area contributed by atoms with Crippen molar-refractivity contribution in [2.75, 3.05) is 13.6 Å². The minimum atomic E-state index is 0.204. The van der Waals surface area contributed by atoms with Gasteiger partial charge < -0.3 is 5.73 Å². The monoisotopic (exact) mass is 372 g/mol. The van der Waals surface area contributed by atoms with Crippen molar-refractivity contribution in [1.82, 2.24) is 4.90 Å². The molecule has 1 aromatic heterocycles. The SMILES string of the molecule is CC(c1ccc(Cl)cc1)N(C)C(CN)c1sccc1Br. The summed E-state index contributed by atoms with van der Waals surface area (Å²) in [6.07, 6.45) is 0. The van der Waals surface area contributed by atoms with E-state index in [1.165, 1.54) is 10.4 Å². The third-order valence-electron chi connectivity index (χ3n) is 3.63. The molecule has 0 bridgehead atoms. The second kappa shape index (κ2) is 7.05. The molecule has 0 spiro atoms. The summed E-state index contributed by atoms with van der Waals surface area (Å²) in [6, 6.07) is 10.6. The molecule has 0 fully saturated rings. The van der Waals surface area contributed by atoms with Gasteiger partial charge in [0.05, 0.1) is 6.04 Å². The number of halogens is 2. The number of benzene rings is 1. The molecular formula is C15H18BrClN2S. The molecule has 0 aliphatic carbocycles. The highest BCUT2D eigenvalue weighted by Gasteiger charge is 2.24. The van der Waals surface area contributed by atoms with E-state index in [2.05, 4.69) is 58.4 Å². The molecule has 0 radical (unpaired) electrons. The maximum atomic E-state index is 6.00. The van der Waals surface area contributed by atoms with Crippen molar-refractivity contribution in [2.45, 2.75) is 19.0 Å². The number of rotatable bonds is 5. The average molecular weight is 374 g/mol. The van der Waals surface area contributed by atoms with Gasteiger partial charge in [-0.3, -0.25) is 4.90 Å². The Bertz CT molecular complexity index is 555. The van der Waals surface area contributed by atoms with Crippen LogP contribution in [0.5, 0.6) is 0 Å². The number of likely N-dealkylation sites (N-methyl/N-ethyl adjacent to an activating group) is 1. The summed E-state index contributed by atoms with van der Waals surface area (Å²) in [4.78, 5) is 3.58. The number of hydrogen-bond acceptors (Lipinski definition) is 3. The molecule has 20 heavy (non-hydrogen) atoms. The zero-order valence-electron chi connectivity index (χ0n) is 11.5. The molecule has 1 aromatic carbocycles. The first-order valence-electron chi connectivity index (χ1n) is 6.45. The maximum Gasteiger partial charge on any atom is 0.0578 e. The Balaban J connectivity index is 2.22. The van der Waals surface area contributed by atoms with Gasteiger partial charge in [0.25, 0.3) is 0 Å². The Labute approximate surface area is 137 Å². The van der Waals surface area contributed by atoms with Crippen molar-refractivity contribution in [3.05, 3.63) is 55.6 Å². The number of thiophene rings is 1. The minimum Gasteiger partial charge on any atom is -0.329 e. The van der Waals surface area contributed by atoms with Crippen LogP contribution in [-0.4, -0.2) is 18.5 Å². The highest BCUT2D eigenvalue weighted by molar-refractivity contribution is 9.10. The van der Waals surface area contributed by atoms with E-state index in [-0.39, 0.29) is 12.1 Å². The highest BCUT2D eigenvalue weighted by Crippen LogP contribution is 2.35. The van der Waals surface area contributed by atoms with Gasteiger partial charge in [-0.1, -0.05) is 23.7 Å². The summed E-state index contributed by atoms with van der Waals surface area (Å²) in [5.74, 6) is 0. The van der Waals surface area contributed by atoms with Crippen LogP contribution >= 0.6 is 38.9 Å². The summed E-state index contributed by atoms with van der Waals surface area (Å²) in [7, 11) is 2.11. The molecule has 0 aliphatic rings. The molecule has 108 valence electrons. The highest BCUT2D eigenvalue weighted by atomic mass is 79.9. The topological polar surface area (TPSA) is 29.3 Å². The standard InChI is InChI=1S/C15H18BrClN2S/c1-10(11-3-5-12(17)6-4-11)19(2)14(9-18)15-13(16)7-8-20-15/h3-8,10,14H,9,18H2,1-2H3. The molecular weight excluding hydrogens is 356 g/mol. The molecule has 2 atom stereocenters. The fourth-order valence-electron chi connectivity index (χ4n) is 2.25. The lowest BCUT2D eigenvalue weighted by atomic mass is 10.0. The van der Waals surface area contributed by atoms with Crippen LogP contribution in [0.1, 0.15) is 29.4 Å². The summed E-state index contributed by atoms with van der Waals surface area (Å²) < 4.78 is 1.13. The third kappa shape index (κ3) is 3.43. The van der Waals surface area contributed by atoms with Crippen molar-refractivity contribution in [2.24, 2.45) is 5.73 Å². The second-order valence-corrected chi connectivity index (χ2v) is 7.02. The fraction of sp³-hybridized carbons (Fsp3) is 0.333. The fourth-order valence-corrected chi connectivity index (χ4v) is 4.18. The lowest BCUT2D eigenvalue weighted by molar-refractivity contribution is 0.192. The van der Waals surface area contributed by atoms with E-state index in [4.69, 9.17) is 17.3 Å². The Hall–Kier alpha value is -0.390. The predicted molar refractivity (Wildman–Crippen MR) is 91.4 cm³/mol. The molecule has 0 saturated heterocycles. The van der Waals surface area contributed by atoms with Gasteiger partial charge in [0.1, 0.15) is 0 Å². The van der Waals surface area contributed by atoms with Crippen molar-refractivity contribution in [3.63, 3.8) is 0 Å². The van der Waals surface area contributed by atoms with Crippen LogP contribution in [0, 0.1) is 0 Å². The Morgan fingerprint density at radius 3 is 2.45 bits per heavy atom. The normalized spacial score (nSPS) is 14.5. The van der Waals surface area contributed by atoms with E-state index in [1.54, 1.807) is 11.3 Å². The van der Waals surface area contributed by atoms with E-state index >= 15 is 0 Å². The zero-order valence-corrected chi connectivity index (χ0v) is 14.7. The molecule has 2 N–H and O–H groups in total. The van der Waals surface area contributed by atoms with E-state index in [0.717, 1.165) is 9.50 Å². The molecule has 2 nitrogen and oxygen atoms in total. The number of hydrogen-bond donors (Lipinski definition) is 1. The van der Waals surface area contributed by atoms with Crippen molar-refractivity contribution in [3.8, 4) is 0 Å². The molecule has 1 heterocycles. The van der Waals surface area contributed by atoms with Crippen LogP contribution in [-0.2, 0) is 0 Å². The quantitative estimate of drug-likeness (QED) is 0.811. The van der Waals surface area contributed by atoms with E-state index in [9.17, 15) is 0 Å². The Kier molecular flexibility index (Phi) is 5.64. The first kappa shape index (κ1) is 16.0. The van der Waals surface area contributed by atoms with E-state index in [0.29, 0.717) is 6.54 Å². The first-order chi connectivity index (χ1) is 9.54. The van der Waals surface area contributed by atoms with Gasteiger partial charge in [-0.15, -0.1) is 11.3 Å². The summed E-state index contributed by atoms with van der Waals surface area (Å²) in [5, 5.41) is 2.85. The van der Waals surface area contributed by atoms with E-state index in [1.807, 2.05) is 12.1 Å². The largest absolute Gasteiger partial charge is 0.329 e. The number of nitrogens with zero attached hydrogens (tertiary/aromatic N) is 1. The summed E-state index contributed by atoms with van der Waals surface area (Å²) >= 11 is 11.3. The van der Waals surface area contributed by atoms with Gasteiger partial charge in [-0.05, 0) is 59.0 Å². The molecule has 0 saturated carbocycles. The summed E-state index contributed by atoms with van der Waals surface area (Å²) in [5.41, 5.74) is 7.24. The molecule has 2 rings (SSSR count). The minimum absolute atomic E-state index is 0.204. The number of nitrogens with two attached hydrogens (primary N) is 1. The van der Waals surface area contributed by atoms with Crippen LogP contribution in [0.15, 0.2) is 40.2 Å². The molecule has 2 unspecified atom stereocenters.